The summed E-state index contributed by atoms with van der Waals surface area (Å²) in [4.78, 5) is 21.9. The molecule has 0 aliphatic carbocycles. The van der Waals surface area contributed by atoms with Crippen LogP contribution in [0.3, 0.4) is 0 Å². The molecule has 21 heavy (non-hydrogen) atoms. The van der Waals surface area contributed by atoms with Crippen LogP contribution in [0.25, 0.3) is 10.9 Å². The molecule has 3 heterocycles. The minimum atomic E-state index is 0.0138. The Kier molecular flexibility index (Phi) is 2.57. The Morgan fingerprint density at radius 1 is 1.33 bits per heavy atom. The summed E-state index contributed by atoms with van der Waals surface area (Å²) in [5.41, 5.74) is 2.80. The molecule has 106 valence electrons. The number of fused-ring (bicyclic) bond motifs is 2. The zero-order valence-corrected chi connectivity index (χ0v) is 11.7. The topological polar surface area (TPSA) is 66.8 Å². The van der Waals surface area contributed by atoms with Crippen molar-refractivity contribution in [2.24, 2.45) is 0 Å². The van der Waals surface area contributed by atoms with Crippen LogP contribution in [0, 0.1) is 6.92 Å². The average molecular weight is 281 g/mol. The molecule has 1 aliphatic rings. The van der Waals surface area contributed by atoms with Crippen molar-refractivity contribution in [2.75, 3.05) is 6.54 Å². The van der Waals surface area contributed by atoms with Gasteiger partial charge < -0.3 is 9.88 Å². The highest BCUT2D eigenvalue weighted by atomic mass is 16.2. The SMILES string of the molecule is Cc1cccc2cc(C(=O)N3CCn4ncnc4C3)[nH]c12. The minimum Gasteiger partial charge on any atom is -0.350 e. The number of amides is 1. The van der Waals surface area contributed by atoms with Crippen molar-refractivity contribution < 1.29 is 4.79 Å². The lowest BCUT2D eigenvalue weighted by Crippen LogP contribution is -2.38. The van der Waals surface area contributed by atoms with Gasteiger partial charge in [0.15, 0.2) is 0 Å². The summed E-state index contributed by atoms with van der Waals surface area (Å²) in [7, 11) is 0. The number of nitrogens with zero attached hydrogens (tertiary/aromatic N) is 4. The third kappa shape index (κ3) is 1.91. The van der Waals surface area contributed by atoms with Crippen molar-refractivity contribution in [3.63, 3.8) is 0 Å². The first-order valence-electron chi connectivity index (χ1n) is 6.96. The number of aromatic amines is 1. The predicted octanol–water partition coefficient (Wildman–Crippen LogP) is 1.72. The van der Waals surface area contributed by atoms with Gasteiger partial charge in [-0.2, -0.15) is 5.10 Å². The predicted molar refractivity (Wildman–Crippen MR) is 77.8 cm³/mol. The molecule has 0 unspecified atom stereocenters. The van der Waals surface area contributed by atoms with Crippen molar-refractivity contribution in [3.05, 3.63) is 47.7 Å². The van der Waals surface area contributed by atoms with E-state index in [1.165, 1.54) is 6.33 Å². The van der Waals surface area contributed by atoms with Gasteiger partial charge in [-0.25, -0.2) is 9.67 Å². The van der Waals surface area contributed by atoms with E-state index in [0.717, 1.165) is 22.3 Å². The molecule has 0 radical (unpaired) electrons. The lowest BCUT2D eigenvalue weighted by Gasteiger charge is -2.26. The van der Waals surface area contributed by atoms with E-state index in [0.29, 0.717) is 25.3 Å². The van der Waals surface area contributed by atoms with Gasteiger partial charge in [-0.3, -0.25) is 4.79 Å². The molecule has 2 aromatic heterocycles. The Hall–Kier alpha value is -2.63. The number of carbonyl (C=O) groups excluding carboxylic acids is 1. The van der Waals surface area contributed by atoms with E-state index in [1.807, 2.05) is 40.8 Å². The van der Waals surface area contributed by atoms with E-state index in [1.54, 1.807) is 0 Å². The highest BCUT2D eigenvalue weighted by molar-refractivity contribution is 5.98. The highest BCUT2D eigenvalue weighted by Gasteiger charge is 2.24. The van der Waals surface area contributed by atoms with E-state index >= 15 is 0 Å². The van der Waals surface area contributed by atoms with Gasteiger partial charge in [-0.15, -0.1) is 0 Å². The smallest absolute Gasteiger partial charge is 0.270 e. The zero-order chi connectivity index (χ0) is 14.4. The Morgan fingerprint density at radius 2 is 2.24 bits per heavy atom. The highest BCUT2D eigenvalue weighted by Crippen LogP contribution is 2.21. The van der Waals surface area contributed by atoms with Gasteiger partial charge in [0.25, 0.3) is 5.91 Å². The van der Waals surface area contributed by atoms with Gasteiger partial charge in [-0.1, -0.05) is 18.2 Å². The molecular formula is C15H15N5O. The molecule has 1 aliphatic heterocycles. The number of rotatable bonds is 1. The third-order valence-corrected chi connectivity index (χ3v) is 3.99. The van der Waals surface area contributed by atoms with Crippen LogP contribution in [0.5, 0.6) is 0 Å². The Morgan fingerprint density at radius 3 is 3.10 bits per heavy atom. The van der Waals surface area contributed by atoms with Crippen LogP contribution in [0.2, 0.25) is 0 Å². The van der Waals surface area contributed by atoms with Gasteiger partial charge >= 0.3 is 0 Å². The number of hydrogen-bond acceptors (Lipinski definition) is 3. The van der Waals surface area contributed by atoms with Crippen LogP contribution in [0.1, 0.15) is 21.9 Å². The number of benzene rings is 1. The van der Waals surface area contributed by atoms with E-state index in [9.17, 15) is 4.79 Å². The first-order valence-corrected chi connectivity index (χ1v) is 6.96. The molecule has 0 spiro atoms. The van der Waals surface area contributed by atoms with Crippen LogP contribution in [-0.4, -0.2) is 37.1 Å². The fraction of sp³-hybridized carbons (Fsp3) is 0.267. The maximum atomic E-state index is 12.6. The van der Waals surface area contributed by atoms with E-state index in [4.69, 9.17) is 0 Å². The van der Waals surface area contributed by atoms with Gasteiger partial charge in [0.2, 0.25) is 0 Å². The number of aryl methyl sites for hydroxylation is 1. The van der Waals surface area contributed by atoms with Crippen molar-refractivity contribution in [1.29, 1.82) is 0 Å². The Bertz CT molecular complexity index is 832. The fourth-order valence-corrected chi connectivity index (χ4v) is 2.83. The van der Waals surface area contributed by atoms with Gasteiger partial charge in [0.1, 0.15) is 17.8 Å². The maximum absolute atomic E-state index is 12.6. The summed E-state index contributed by atoms with van der Waals surface area (Å²) in [6.07, 6.45) is 1.54. The molecule has 1 aromatic carbocycles. The van der Waals surface area contributed by atoms with E-state index in [2.05, 4.69) is 15.1 Å². The molecule has 1 amide bonds. The number of nitrogens with one attached hydrogen (secondary N) is 1. The maximum Gasteiger partial charge on any atom is 0.270 e. The summed E-state index contributed by atoms with van der Waals surface area (Å²) < 4.78 is 1.85. The average Bonchev–Trinajstić information content (AvgIpc) is 3.12. The number of carbonyl (C=O) groups is 1. The zero-order valence-electron chi connectivity index (χ0n) is 11.7. The quantitative estimate of drug-likeness (QED) is 0.738. The molecule has 6 nitrogen and oxygen atoms in total. The molecule has 0 saturated carbocycles. The Labute approximate surface area is 121 Å². The van der Waals surface area contributed by atoms with Crippen molar-refractivity contribution in [1.82, 2.24) is 24.6 Å². The summed E-state index contributed by atoms with van der Waals surface area (Å²) in [5, 5.41) is 5.20. The van der Waals surface area contributed by atoms with Gasteiger partial charge in [-0.05, 0) is 18.6 Å². The number of hydrogen-bond donors (Lipinski definition) is 1. The summed E-state index contributed by atoms with van der Waals surface area (Å²) >= 11 is 0. The number of H-pyrrole nitrogens is 1. The molecule has 4 rings (SSSR count). The van der Waals surface area contributed by atoms with Gasteiger partial charge in [0, 0.05) is 17.4 Å². The summed E-state index contributed by atoms with van der Waals surface area (Å²) in [6, 6.07) is 7.98. The largest absolute Gasteiger partial charge is 0.350 e. The van der Waals surface area contributed by atoms with Crippen molar-refractivity contribution >= 4 is 16.8 Å². The summed E-state index contributed by atoms with van der Waals surface area (Å²) in [6.45, 7) is 3.90. The molecule has 0 atom stereocenters. The summed E-state index contributed by atoms with van der Waals surface area (Å²) in [5.74, 6) is 0.849. The lowest BCUT2D eigenvalue weighted by molar-refractivity contribution is 0.0697. The van der Waals surface area contributed by atoms with Crippen LogP contribution < -0.4 is 0 Å². The van der Waals surface area contributed by atoms with Crippen LogP contribution in [-0.2, 0) is 13.1 Å². The monoisotopic (exact) mass is 281 g/mol. The second kappa shape index (κ2) is 4.44. The molecule has 6 heteroatoms. The second-order valence-corrected chi connectivity index (χ2v) is 5.35. The molecular weight excluding hydrogens is 266 g/mol. The standard InChI is InChI=1S/C15H15N5O/c1-10-3-2-4-11-7-12(18-14(10)11)15(21)19-5-6-20-13(8-19)16-9-17-20/h2-4,7,9,18H,5-6,8H2,1H3. The molecule has 0 bridgehead atoms. The second-order valence-electron chi connectivity index (χ2n) is 5.35. The van der Waals surface area contributed by atoms with Crippen molar-refractivity contribution in [3.8, 4) is 0 Å². The lowest BCUT2D eigenvalue weighted by atomic mass is 10.2. The molecule has 1 N–H and O–H groups in total. The number of para-hydroxylation sites is 1. The van der Waals surface area contributed by atoms with Crippen LogP contribution >= 0.6 is 0 Å². The van der Waals surface area contributed by atoms with Gasteiger partial charge in [0.05, 0.1) is 13.1 Å². The normalized spacial score (nSPS) is 14.4. The number of aromatic nitrogens is 4. The molecule has 0 fully saturated rings. The molecule has 3 aromatic rings. The first kappa shape index (κ1) is 12.1. The van der Waals surface area contributed by atoms with Crippen LogP contribution in [0.4, 0.5) is 0 Å². The third-order valence-electron chi connectivity index (χ3n) is 3.99. The van der Waals surface area contributed by atoms with E-state index < -0.39 is 0 Å². The fourth-order valence-electron chi connectivity index (χ4n) is 2.83. The molecule has 0 saturated heterocycles. The minimum absolute atomic E-state index is 0.0138. The van der Waals surface area contributed by atoms with Crippen LogP contribution in [0.15, 0.2) is 30.6 Å². The van der Waals surface area contributed by atoms with Crippen molar-refractivity contribution in [2.45, 2.75) is 20.0 Å². The first-order chi connectivity index (χ1) is 10.2. The Balaban J connectivity index is 1.66. The van der Waals surface area contributed by atoms with E-state index in [-0.39, 0.29) is 5.91 Å².